The Hall–Kier alpha value is -2.20. The second-order valence-corrected chi connectivity index (χ2v) is 4.95. The van der Waals surface area contributed by atoms with Crippen molar-refractivity contribution in [2.24, 2.45) is 12.8 Å². The second kappa shape index (κ2) is 5.43. The average Bonchev–Trinajstić information content (AvgIpc) is 2.83. The van der Waals surface area contributed by atoms with Gasteiger partial charge in [-0.05, 0) is 49.2 Å². The van der Waals surface area contributed by atoms with E-state index in [1.165, 1.54) is 5.56 Å². The Morgan fingerprint density at radius 2 is 2.15 bits per heavy atom. The average molecular weight is 266 g/mol. The largest absolute Gasteiger partial charge is 0.330 e. The van der Waals surface area contributed by atoms with Crippen LogP contribution in [0.25, 0.3) is 22.4 Å². The maximum absolute atomic E-state index is 5.57. The van der Waals surface area contributed by atoms with Crippen LogP contribution >= 0.6 is 0 Å². The third-order valence-electron chi connectivity index (χ3n) is 3.53. The molecule has 4 heteroatoms. The molecule has 4 nitrogen and oxygen atoms in total. The van der Waals surface area contributed by atoms with Crippen molar-refractivity contribution >= 4 is 11.0 Å². The summed E-state index contributed by atoms with van der Waals surface area (Å²) in [5.74, 6) is 0.948. The monoisotopic (exact) mass is 266 g/mol. The highest BCUT2D eigenvalue weighted by molar-refractivity contribution is 5.81. The molecule has 0 bridgehead atoms. The lowest BCUT2D eigenvalue weighted by Gasteiger charge is -2.03. The van der Waals surface area contributed by atoms with E-state index in [1.807, 2.05) is 25.4 Å². The molecule has 0 unspecified atom stereocenters. The second-order valence-electron chi connectivity index (χ2n) is 4.95. The first-order chi connectivity index (χ1) is 9.79. The predicted molar refractivity (Wildman–Crippen MR) is 81.3 cm³/mol. The highest BCUT2D eigenvalue weighted by atomic mass is 15.1. The molecule has 0 spiro atoms. The summed E-state index contributed by atoms with van der Waals surface area (Å²) in [6, 6.07) is 10.4. The van der Waals surface area contributed by atoms with Gasteiger partial charge in [-0.15, -0.1) is 0 Å². The topological polar surface area (TPSA) is 56.7 Å². The van der Waals surface area contributed by atoms with E-state index in [2.05, 4.69) is 27.8 Å². The lowest BCUT2D eigenvalue weighted by molar-refractivity contribution is 0.832. The van der Waals surface area contributed by atoms with Crippen LogP contribution in [0.5, 0.6) is 0 Å². The van der Waals surface area contributed by atoms with Crippen LogP contribution in [0.2, 0.25) is 0 Å². The summed E-state index contributed by atoms with van der Waals surface area (Å²) >= 11 is 0. The van der Waals surface area contributed by atoms with Crippen molar-refractivity contribution in [2.45, 2.75) is 12.8 Å². The quantitative estimate of drug-likeness (QED) is 0.789. The molecule has 2 aromatic heterocycles. The Bertz CT molecular complexity index is 716. The van der Waals surface area contributed by atoms with Gasteiger partial charge in [-0.1, -0.05) is 6.07 Å². The molecule has 0 aliphatic heterocycles. The zero-order valence-corrected chi connectivity index (χ0v) is 11.6. The van der Waals surface area contributed by atoms with Gasteiger partial charge < -0.3 is 10.3 Å². The number of nitrogens with zero attached hydrogens (tertiary/aromatic N) is 3. The maximum Gasteiger partial charge on any atom is 0.142 e. The molecular formula is C16H18N4. The van der Waals surface area contributed by atoms with Gasteiger partial charge in [0.15, 0.2) is 0 Å². The van der Waals surface area contributed by atoms with E-state index in [-0.39, 0.29) is 0 Å². The number of fused-ring (bicyclic) bond motifs is 1. The molecule has 0 saturated heterocycles. The van der Waals surface area contributed by atoms with Gasteiger partial charge in [0.05, 0.1) is 11.0 Å². The zero-order chi connectivity index (χ0) is 13.9. The van der Waals surface area contributed by atoms with Crippen LogP contribution < -0.4 is 5.73 Å². The first kappa shape index (κ1) is 12.8. The Morgan fingerprint density at radius 3 is 2.90 bits per heavy atom. The Morgan fingerprint density at radius 1 is 1.25 bits per heavy atom. The lowest BCUT2D eigenvalue weighted by Crippen LogP contribution is -2.00. The lowest BCUT2D eigenvalue weighted by atomic mass is 10.1. The third-order valence-corrected chi connectivity index (χ3v) is 3.53. The number of benzene rings is 1. The van der Waals surface area contributed by atoms with Gasteiger partial charge in [0.25, 0.3) is 0 Å². The summed E-state index contributed by atoms with van der Waals surface area (Å²) in [6.07, 6.45) is 5.65. The summed E-state index contributed by atoms with van der Waals surface area (Å²) in [5, 5.41) is 0. The Kier molecular flexibility index (Phi) is 3.48. The molecule has 2 N–H and O–H groups in total. The molecule has 102 valence electrons. The van der Waals surface area contributed by atoms with Crippen molar-refractivity contribution in [1.29, 1.82) is 0 Å². The third kappa shape index (κ3) is 2.30. The van der Waals surface area contributed by atoms with Crippen molar-refractivity contribution < 1.29 is 0 Å². The number of aryl methyl sites for hydroxylation is 2. The number of hydrogen-bond acceptors (Lipinski definition) is 3. The molecule has 0 radical (unpaired) electrons. The standard InChI is InChI=1S/C16H18N4/c1-20-15-10-12(4-2-8-17)6-7-14(15)19-16(20)13-5-3-9-18-11-13/h3,5-7,9-11H,2,4,8,17H2,1H3. The van der Waals surface area contributed by atoms with Crippen LogP contribution in [-0.2, 0) is 13.5 Å². The van der Waals surface area contributed by atoms with Crippen LogP contribution in [0.4, 0.5) is 0 Å². The molecule has 2 heterocycles. The summed E-state index contributed by atoms with van der Waals surface area (Å²) in [4.78, 5) is 8.87. The molecule has 0 amide bonds. The molecular weight excluding hydrogens is 248 g/mol. The molecule has 0 aliphatic carbocycles. The summed E-state index contributed by atoms with van der Waals surface area (Å²) < 4.78 is 2.12. The van der Waals surface area contributed by atoms with Gasteiger partial charge in [-0.25, -0.2) is 4.98 Å². The van der Waals surface area contributed by atoms with Gasteiger partial charge in [0.2, 0.25) is 0 Å². The summed E-state index contributed by atoms with van der Waals surface area (Å²) in [5.41, 5.74) is 10.1. The number of rotatable bonds is 4. The minimum absolute atomic E-state index is 0.727. The number of hydrogen-bond donors (Lipinski definition) is 1. The minimum Gasteiger partial charge on any atom is -0.330 e. The van der Waals surface area contributed by atoms with Gasteiger partial charge >= 0.3 is 0 Å². The molecule has 0 atom stereocenters. The molecule has 0 aliphatic rings. The molecule has 3 aromatic rings. The molecule has 1 aromatic carbocycles. The first-order valence-corrected chi connectivity index (χ1v) is 6.85. The van der Waals surface area contributed by atoms with E-state index in [0.717, 1.165) is 41.8 Å². The molecule has 20 heavy (non-hydrogen) atoms. The van der Waals surface area contributed by atoms with Gasteiger partial charge in [0.1, 0.15) is 5.82 Å². The van der Waals surface area contributed by atoms with Crippen LogP contribution in [0, 0.1) is 0 Å². The van der Waals surface area contributed by atoms with E-state index >= 15 is 0 Å². The van der Waals surface area contributed by atoms with Crippen molar-refractivity contribution in [1.82, 2.24) is 14.5 Å². The highest BCUT2D eigenvalue weighted by Gasteiger charge is 2.10. The van der Waals surface area contributed by atoms with E-state index < -0.39 is 0 Å². The van der Waals surface area contributed by atoms with Crippen molar-refractivity contribution in [3.05, 3.63) is 48.3 Å². The maximum atomic E-state index is 5.57. The molecule has 3 rings (SSSR count). The van der Waals surface area contributed by atoms with Gasteiger partial charge in [0, 0.05) is 25.0 Å². The Balaban J connectivity index is 2.06. The number of nitrogens with two attached hydrogens (primary N) is 1. The smallest absolute Gasteiger partial charge is 0.142 e. The SMILES string of the molecule is Cn1c(-c2cccnc2)nc2ccc(CCCN)cc21. The van der Waals surface area contributed by atoms with Gasteiger partial charge in [-0.2, -0.15) is 0 Å². The fourth-order valence-electron chi connectivity index (χ4n) is 2.45. The molecule has 0 saturated carbocycles. The van der Waals surface area contributed by atoms with Crippen LogP contribution in [0.15, 0.2) is 42.7 Å². The van der Waals surface area contributed by atoms with Gasteiger partial charge in [-0.3, -0.25) is 4.98 Å². The van der Waals surface area contributed by atoms with Crippen LogP contribution in [0.1, 0.15) is 12.0 Å². The van der Waals surface area contributed by atoms with E-state index in [1.54, 1.807) is 6.20 Å². The predicted octanol–water partition coefficient (Wildman–Crippen LogP) is 2.53. The fourth-order valence-corrected chi connectivity index (χ4v) is 2.45. The Labute approximate surface area is 118 Å². The van der Waals surface area contributed by atoms with Crippen LogP contribution in [-0.4, -0.2) is 21.1 Å². The van der Waals surface area contributed by atoms with E-state index in [0.29, 0.717) is 0 Å². The fraction of sp³-hybridized carbons (Fsp3) is 0.250. The number of imidazole rings is 1. The normalized spacial score (nSPS) is 11.1. The minimum atomic E-state index is 0.727. The number of pyridine rings is 1. The van der Waals surface area contributed by atoms with E-state index in [4.69, 9.17) is 10.7 Å². The molecule has 0 fully saturated rings. The van der Waals surface area contributed by atoms with Crippen LogP contribution in [0.3, 0.4) is 0 Å². The van der Waals surface area contributed by atoms with Crippen molar-refractivity contribution in [3.63, 3.8) is 0 Å². The van der Waals surface area contributed by atoms with E-state index in [9.17, 15) is 0 Å². The van der Waals surface area contributed by atoms with Crippen molar-refractivity contribution in [2.75, 3.05) is 6.54 Å². The highest BCUT2D eigenvalue weighted by Crippen LogP contribution is 2.24. The summed E-state index contributed by atoms with van der Waals surface area (Å²) in [6.45, 7) is 0.727. The summed E-state index contributed by atoms with van der Waals surface area (Å²) in [7, 11) is 2.05. The number of aromatic nitrogens is 3. The zero-order valence-electron chi connectivity index (χ0n) is 11.6. The van der Waals surface area contributed by atoms with Crippen molar-refractivity contribution in [3.8, 4) is 11.4 Å². The first-order valence-electron chi connectivity index (χ1n) is 6.85.